The summed E-state index contributed by atoms with van der Waals surface area (Å²) in [5.74, 6) is -0.226. The van der Waals surface area contributed by atoms with Crippen LogP contribution in [0.5, 0.6) is 5.75 Å². The first kappa shape index (κ1) is 17.8. The molecule has 6 heteroatoms. The van der Waals surface area contributed by atoms with Gasteiger partial charge < -0.3 is 15.4 Å². The predicted octanol–water partition coefficient (Wildman–Crippen LogP) is 3.30. The fourth-order valence-corrected chi connectivity index (χ4v) is 2.32. The summed E-state index contributed by atoms with van der Waals surface area (Å²) in [6.45, 7) is 2.39. The van der Waals surface area contributed by atoms with Gasteiger partial charge in [0.15, 0.2) is 0 Å². The third-order valence-electron chi connectivity index (χ3n) is 3.37. The number of aryl methyl sites for hydroxylation is 1. The van der Waals surface area contributed by atoms with Crippen molar-refractivity contribution in [3.05, 3.63) is 58.6 Å². The lowest BCUT2D eigenvalue weighted by Gasteiger charge is -2.09. The third-order valence-corrected chi connectivity index (χ3v) is 3.66. The zero-order valence-corrected chi connectivity index (χ0v) is 14.3. The lowest BCUT2D eigenvalue weighted by atomic mass is 10.1. The number of benzene rings is 2. The minimum Gasteiger partial charge on any atom is -0.495 e. The van der Waals surface area contributed by atoms with Gasteiger partial charge in [0.05, 0.1) is 12.1 Å². The molecule has 0 aliphatic heterocycles. The Labute approximate surface area is 146 Å². The number of anilines is 1. The van der Waals surface area contributed by atoms with E-state index in [1.54, 1.807) is 18.2 Å². The first-order valence-electron chi connectivity index (χ1n) is 7.43. The molecule has 0 bridgehead atoms. The van der Waals surface area contributed by atoms with Crippen LogP contribution in [0.25, 0.3) is 0 Å². The van der Waals surface area contributed by atoms with Crippen LogP contribution in [0.2, 0.25) is 5.02 Å². The van der Waals surface area contributed by atoms with Crippen LogP contribution in [-0.2, 0) is 16.1 Å². The van der Waals surface area contributed by atoms with E-state index in [0.717, 1.165) is 11.1 Å². The van der Waals surface area contributed by atoms with E-state index in [1.165, 1.54) is 7.11 Å². The minimum absolute atomic E-state index is 0.254. The van der Waals surface area contributed by atoms with Gasteiger partial charge in [-0.15, -0.1) is 0 Å². The quantitative estimate of drug-likeness (QED) is 0.788. The van der Waals surface area contributed by atoms with Gasteiger partial charge in [-0.2, -0.15) is 0 Å². The number of hydrogen-bond acceptors (Lipinski definition) is 3. The molecule has 2 aromatic rings. The highest BCUT2D eigenvalue weighted by molar-refractivity contribution is 6.32. The molecule has 0 aliphatic rings. The van der Waals surface area contributed by atoms with E-state index in [1.807, 2.05) is 31.2 Å². The summed E-state index contributed by atoms with van der Waals surface area (Å²) in [5.41, 5.74) is 2.65. The van der Waals surface area contributed by atoms with Gasteiger partial charge in [0.25, 0.3) is 0 Å². The summed E-state index contributed by atoms with van der Waals surface area (Å²) in [6, 6.07) is 12.7. The van der Waals surface area contributed by atoms with Crippen LogP contribution in [0, 0.1) is 6.92 Å². The van der Waals surface area contributed by atoms with Crippen LogP contribution in [0.15, 0.2) is 42.5 Å². The molecule has 0 unspecified atom stereocenters. The SMILES string of the molecule is COc1ccc(NC(=O)CC(=O)NCc2ccc(C)cc2)cc1Cl. The van der Waals surface area contributed by atoms with Crippen LogP contribution >= 0.6 is 11.6 Å². The van der Waals surface area contributed by atoms with Gasteiger partial charge in [-0.1, -0.05) is 41.4 Å². The van der Waals surface area contributed by atoms with Crippen LogP contribution in [0.1, 0.15) is 17.5 Å². The second kappa shape index (κ2) is 8.36. The van der Waals surface area contributed by atoms with E-state index >= 15 is 0 Å². The molecule has 2 amide bonds. The maximum absolute atomic E-state index is 11.9. The van der Waals surface area contributed by atoms with Crippen LogP contribution in [0.4, 0.5) is 5.69 Å². The molecule has 0 aromatic heterocycles. The minimum atomic E-state index is -0.405. The lowest BCUT2D eigenvalue weighted by molar-refractivity contribution is -0.126. The van der Waals surface area contributed by atoms with E-state index in [2.05, 4.69) is 10.6 Å². The Bertz CT molecular complexity index is 730. The van der Waals surface area contributed by atoms with Crippen molar-refractivity contribution in [1.82, 2.24) is 5.32 Å². The van der Waals surface area contributed by atoms with E-state index in [0.29, 0.717) is 23.0 Å². The van der Waals surface area contributed by atoms with E-state index in [-0.39, 0.29) is 12.3 Å². The molecule has 0 saturated carbocycles. The highest BCUT2D eigenvalue weighted by atomic mass is 35.5. The second-order valence-electron chi connectivity index (χ2n) is 5.34. The Kier molecular flexibility index (Phi) is 6.21. The molecule has 0 saturated heterocycles. The van der Waals surface area contributed by atoms with Crippen molar-refractivity contribution in [2.24, 2.45) is 0 Å². The smallest absolute Gasteiger partial charge is 0.233 e. The van der Waals surface area contributed by atoms with Crippen molar-refractivity contribution in [3.8, 4) is 5.75 Å². The summed E-state index contributed by atoms with van der Waals surface area (Å²) in [4.78, 5) is 23.7. The Balaban J connectivity index is 1.82. The average molecular weight is 347 g/mol. The standard InChI is InChI=1S/C18H19ClN2O3/c1-12-3-5-13(6-4-12)11-20-17(22)10-18(23)21-14-7-8-16(24-2)15(19)9-14/h3-9H,10-11H2,1-2H3,(H,20,22)(H,21,23). The highest BCUT2D eigenvalue weighted by Gasteiger charge is 2.10. The zero-order valence-electron chi connectivity index (χ0n) is 13.6. The number of halogens is 1. The molecule has 0 atom stereocenters. The van der Waals surface area contributed by atoms with Gasteiger partial charge in [-0.3, -0.25) is 9.59 Å². The van der Waals surface area contributed by atoms with Gasteiger partial charge >= 0.3 is 0 Å². The Morgan fingerprint density at radius 2 is 1.79 bits per heavy atom. The highest BCUT2D eigenvalue weighted by Crippen LogP contribution is 2.27. The van der Waals surface area contributed by atoms with Crippen LogP contribution in [0.3, 0.4) is 0 Å². The van der Waals surface area contributed by atoms with Crippen molar-refractivity contribution in [1.29, 1.82) is 0 Å². The number of methoxy groups -OCH3 is 1. The van der Waals surface area contributed by atoms with Crippen LogP contribution < -0.4 is 15.4 Å². The molecule has 0 heterocycles. The van der Waals surface area contributed by atoms with E-state index in [4.69, 9.17) is 16.3 Å². The van der Waals surface area contributed by atoms with Crippen molar-refractivity contribution in [3.63, 3.8) is 0 Å². The maximum Gasteiger partial charge on any atom is 0.233 e. The number of carbonyl (C=O) groups is 2. The first-order valence-corrected chi connectivity index (χ1v) is 7.81. The molecular formula is C18H19ClN2O3. The van der Waals surface area contributed by atoms with E-state index in [9.17, 15) is 9.59 Å². The number of nitrogens with one attached hydrogen (secondary N) is 2. The molecule has 2 rings (SSSR count). The monoisotopic (exact) mass is 346 g/mol. The molecule has 0 fully saturated rings. The van der Waals surface area contributed by atoms with Crippen LogP contribution in [-0.4, -0.2) is 18.9 Å². The topological polar surface area (TPSA) is 67.4 Å². The van der Waals surface area contributed by atoms with E-state index < -0.39 is 5.91 Å². The number of carbonyl (C=O) groups excluding carboxylic acids is 2. The molecule has 0 aliphatic carbocycles. The fourth-order valence-electron chi connectivity index (χ4n) is 2.06. The van der Waals surface area contributed by atoms with Crippen molar-refractivity contribution >= 4 is 29.1 Å². The van der Waals surface area contributed by atoms with Crippen molar-refractivity contribution < 1.29 is 14.3 Å². The zero-order chi connectivity index (χ0) is 17.5. The summed E-state index contributed by atoms with van der Waals surface area (Å²) in [6.07, 6.45) is -0.254. The lowest BCUT2D eigenvalue weighted by Crippen LogP contribution is -2.27. The normalized spacial score (nSPS) is 10.1. The molecule has 24 heavy (non-hydrogen) atoms. The van der Waals surface area contributed by atoms with Gasteiger partial charge in [-0.25, -0.2) is 0 Å². The third kappa shape index (κ3) is 5.28. The number of ether oxygens (including phenoxy) is 1. The van der Waals surface area contributed by atoms with Gasteiger partial charge in [0, 0.05) is 12.2 Å². The average Bonchev–Trinajstić information content (AvgIpc) is 2.54. The molecular weight excluding hydrogens is 328 g/mol. The summed E-state index contributed by atoms with van der Waals surface area (Å²) >= 11 is 5.99. The summed E-state index contributed by atoms with van der Waals surface area (Å²) in [5, 5.41) is 5.74. The number of rotatable bonds is 6. The Morgan fingerprint density at radius 1 is 1.08 bits per heavy atom. The van der Waals surface area contributed by atoms with Gasteiger partial charge in [0.2, 0.25) is 11.8 Å². The summed E-state index contributed by atoms with van der Waals surface area (Å²) in [7, 11) is 1.51. The predicted molar refractivity (Wildman–Crippen MR) is 94.3 cm³/mol. The Morgan fingerprint density at radius 3 is 2.42 bits per heavy atom. The molecule has 126 valence electrons. The number of amides is 2. The second-order valence-corrected chi connectivity index (χ2v) is 5.74. The maximum atomic E-state index is 11.9. The largest absolute Gasteiger partial charge is 0.495 e. The Hall–Kier alpha value is -2.53. The molecule has 0 spiro atoms. The van der Waals surface area contributed by atoms with Crippen molar-refractivity contribution in [2.75, 3.05) is 12.4 Å². The molecule has 2 aromatic carbocycles. The first-order chi connectivity index (χ1) is 11.5. The molecule has 5 nitrogen and oxygen atoms in total. The van der Waals surface area contributed by atoms with Gasteiger partial charge in [0.1, 0.15) is 12.2 Å². The molecule has 2 N–H and O–H groups in total. The number of hydrogen-bond donors (Lipinski definition) is 2. The fraction of sp³-hybridized carbons (Fsp3) is 0.222. The summed E-state index contributed by atoms with van der Waals surface area (Å²) < 4.78 is 5.04. The van der Waals surface area contributed by atoms with Crippen molar-refractivity contribution in [2.45, 2.75) is 19.9 Å². The molecule has 0 radical (unpaired) electrons. The van der Waals surface area contributed by atoms with Gasteiger partial charge in [-0.05, 0) is 30.7 Å².